The summed E-state index contributed by atoms with van der Waals surface area (Å²) in [6.45, 7) is 3.05. The first kappa shape index (κ1) is 39.2. The first-order chi connectivity index (χ1) is 25.2. The summed E-state index contributed by atoms with van der Waals surface area (Å²) >= 11 is 0.928. The molecule has 0 aliphatic carbocycles. The van der Waals surface area contributed by atoms with Crippen LogP contribution in [0.1, 0.15) is 48.1 Å². The number of likely N-dealkylation sites (tertiary alicyclic amines) is 2. The zero-order chi connectivity index (χ0) is 37.9. The number of halogens is 4. The van der Waals surface area contributed by atoms with Crippen molar-refractivity contribution in [1.29, 1.82) is 0 Å². The highest BCUT2D eigenvalue weighted by atomic mass is 32.2. The number of aromatic nitrogens is 2. The van der Waals surface area contributed by atoms with Gasteiger partial charge in [0.25, 0.3) is 0 Å². The summed E-state index contributed by atoms with van der Waals surface area (Å²) in [5.74, 6) is -0.432. The number of nitrogens with zero attached hydrogens (tertiary/aromatic N) is 5. The molecular weight excluding hydrogens is 737 g/mol. The Bertz CT molecular complexity index is 1900. The van der Waals surface area contributed by atoms with Crippen molar-refractivity contribution >= 4 is 33.6 Å². The van der Waals surface area contributed by atoms with Crippen LogP contribution in [0.15, 0.2) is 47.4 Å². The lowest BCUT2D eigenvalue weighted by Crippen LogP contribution is -2.47. The van der Waals surface area contributed by atoms with Crippen LogP contribution in [-0.4, -0.2) is 113 Å². The van der Waals surface area contributed by atoms with Crippen molar-refractivity contribution in [3.63, 3.8) is 0 Å². The standard InChI is InChI=1S/C36H44F4N6O5S2/c1-53(50,51)44-17-12-31-29(23-44)35(42-46(31)22-28(47)21-43-15-10-27(11-16-43)45-14-2-3-34(45)49)25-6-9-30(36(38,39)40)32(20-25)52-18-13-41-33(48)19-24-4-7-26(37)8-5-24/h4-9,20,27-28,47H,2-3,10-19,21-23H2,1H3,(H,41,48). The van der Waals surface area contributed by atoms with Gasteiger partial charge in [0.1, 0.15) is 5.82 Å². The second kappa shape index (κ2) is 16.5. The van der Waals surface area contributed by atoms with E-state index in [1.165, 1.54) is 40.7 Å². The number of β-amino-alcohol motifs (C(OH)–C–C–N with tert-alkyl or cyclic N) is 1. The van der Waals surface area contributed by atoms with E-state index in [-0.39, 0.29) is 61.1 Å². The quantitative estimate of drug-likeness (QED) is 0.152. The molecule has 1 unspecified atom stereocenters. The Labute approximate surface area is 310 Å². The molecule has 17 heteroatoms. The van der Waals surface area contributed by atoms with E-state index >= 15 is 0 Å². The first-order valence-electron chi connectivity index (χ1n) is 17.7. The number of carbonyl (C=O) groups excluding carboxylic acids is 2. The number of amides is 2. The summed E-state index contributed by atoms with van der Waals surface area (Å²) in [6, 6.07) is 9.40. The van der Waals surface area contributed by atoms with Gasteiger partial charge in [-0.2, -0.15) is 22.6 Å². The summed E-state index contributed by atoms with van der Waals surface area (Å²) in [4.78, 5) is 28.7. The van der Waals surface area contributed by atoms with Crippen LogP contribution in [0.5, 0.6) is 0 Å². The minimum Gasteiger partial charge on any atom is -0.390 e. The van der Waals surface area contributed by atoms with Crippen molar-refractivity contribution in [3.05, 3.63) is 70.7 Å². The van der Waals surface area contributed by atoms with Crippen molar-refractivity contribution in [2.24, 2.45) is 0 Å². The molecule has 11 nitrogen and oxygen atoms in total. The van der Waals surface area contributed by atoms with Crippen LogP contribution in [0.2, 0.25) is 0 Å². The molecule has 288 valence electrons. The molecule has 0 saturated carbocycles. The lowest BCUT2D eigenvalue weighted by atomic mass is 10.0. The van der Waals surface area contributed by atoms with Crippen LogP contribution in [0.25, 0.3) is 11.3 Å². The van der Waals surface area contributed by atoms with Crippen molar-refractivity contribution in [3.8, 4) is 11.3 Å². The Kier molecular flexibility index (Phi) is 12.2. The molecule has 2 saturated heterocycles. The maximum absolute atomic E-state index is 14.2. The number of fused-ring (bicyclic) bond motifs is 1. The van der Waals surface area contributed by atoms with Gasteiger partial charge in [0.15, 0.2) is 0 Å². The van der Waals surface area contributed by atoms with Gasteiger partial charge in [-0.25, -0.2) is 12.8 Å². The summed E-state index contributed by atoms with van der Waals surface area (Å²) in [6.07, 6.45) is -0.885. The Morgan fingerprint density at radius 2 is 1.79 bits per heavy atom. The number of alkyl halides is 3. The molecule has 3 aromatic rings. The molecule has 2 N–H and O–H groups in total. The highest BCUT2D eigenvalue weighted by Gasteiger charge is 2.36. The largest absolute Gasteiger partial charge is 0.417 e. The van der Waals surface area contributed by atoms with Crippen LogP contribution in [0, 0.1) is 5.82 Å². The maximum Gasteiger partial charge on any atom is 0.417 e. The Morgan fingerprint density at radius 1 is 1.06 bits per heavy atom. The molecule has 4 heterocycles. The zero-order valence-corrected chi connectivity index (χ0v) is 31.1. The predicted octanol–water partition coefficient (Wildman–Crippen LogP) is 3.92. The van der Waals surface area contributed by atoms with E-state index in [9.17, 15) is 40.7 Å². The van der Waals surface area contributed by atoms with E-state index in [0.29, 0.717) is 41.8 Å². The van der Waals surface area contributed by atoms with Gasteiger partial charge in [-0.05, 0) is 49.1 Å². The van der Waals surface area contributed by atoms with Crippen molar-refractivity contribution in [2.45, 2.75) is 74.8 Å². The molecule has 1 aromatic heterocycles. The number of aliphatic hydroxyl groups is 1. The minimum absolute atomic E-state index is 0.000593. The van der Waals surface area contributed by atoms with Crippen LogP contribution >= 0.6 is 11.8 Å². The number of hydrogen-bond donors (Lipinski definition) is 2. The highest BCUT2D eigenvalue weighted by Crippen LogP contribution is 2.40. The summed E-state index contributed by atoms with van der Waals surface area (Å²) in [5.41, 5.74) is 1.78. The number of aliphatic hydroxyl groups excluding tert-OH is 1. The van der Waals surface area contributed by atoms with Gasteiger partial charge >= 0.3 is 6.18 Å². The number of thioether (sulfide) groups is 1. The van der Waals surface area contributed by atoms with Gasteiger partial charge in [0, 0.05) is 92.2 Å². The Balaban J connectivity index is 1.17. The van der Waals surface area contributed by atoms with Crippen LogP contribution < -0.4 is 5.32 Å². The molecule has 0 spiro atoms. The fraction of sp³-hybridized carbons (Fsp3) is 0.528. The average Bonchev–Trinajstić information content (AvgIpc) is 3.70. The smallest absolute Gasteiger partial charge is 0.390 e. The molecule has 2 fully saturated rings. The number of carbonyl (C=O) groups is 2. The number of benzene rings is 2. The van der Waals surface area contributed by atoms with E-state index in [1.807, 2.05) is 4.90 Å². The van der Waals surface area contributed by atoms with E-state index in [4.69, 9.17) is 5.10 Å². The fourth-order valence-electron chi connectivity index (χ4n) is 7.38. The van der Waals surface area contributed by atoms with Gasteiger partial charge in [0.2, 0.25) is 21.8 Å². The third kappa shape index (κ3) is 9.79. The third-order valence-corrected chi connectivity index (χ3v) is 12.4. The second-order valence-electron chi connectivity index (χ2n) is 13.9. The monoisotopic (exact) mass is 780 g/mol. The average molecular weight is 781 g/mol. The number of hydrogen-bond acceptors (Lipinski definition) is 8. The molecule has 1 atom stereocenters. The van der Waals surface area contributed by atoms with Crippen molar-refractivity contribution in [1.82, 2.24) is 29.2 Å². The highest BCUT2D eigenvalue weighted by molar-refractivity contribution is 7.99. The summed E-state index contributed by atoms with van der Waals surface area (Å²) in [5, 5.41) is 18.7. The molecule has 3 aliphatic rings. The number of nitrogens with one attached hydrogen (secondary N) is 1. The van der Waals surface area contributed by atoms with E-state index < -0.39 is 33.7 Å². The Morgan fingerprint density at radius 3 is 2.45 bits per heavy atom. The third-order valence-electron chi connectivity index (χ3n) is 10.0. The molecule has 0 bridgehead atoms. The van der Waals surface area contributed by atoms with Crippen molar-refractivity contribution in [2.75, 3.05) is 51.3 Å². The van der Waals surface area contributed by atoms with E-state index in [2.05, 4.69) is 10.2 Å². The molecule has 2 aromatic carbocycles. The SMILES string of the molecule is CS(=O)(=O)N1CCc2c(c(-c3ccc(C(F)(F)F)c(SCCNC(=O)Cc4ccc(F)cc4)c3)nn2CC(O)CN2CCC(N3CCCC3=O)CC2)C1. The topological polar surface area (TPSA) is 128 Å². The van der Waals surface area contributed by atoms with Crippen molar-refractivity contribution < 1.29 is 40.7 Å². The first-order valence-corrected chi connectivity index (χ1v) is 20.6. The molecular formula is C36H44F4N6O5S2. The summed E-state index contributed by atoms with van der Waals surface area (Å²) < 4.78 is 83.7. The zero-order valence-electron chi connectivity index (χ0n) is 29.4. The number of piperidine rings is 1. The Hall–Kier alpha value is -3.51. The van der Waals surface area contributed by atoms with E-state index in [0.717, 1.165) is 68.7 Å². The van der Waals surface area contributed by atoms with E-state index in [1.54, 1.807) is 4.68 Å². The lowest BCUT2D eigenvalue weighted by molar-refractivity contribution is -0.139. The lowest BCUT2D eigenvalue weighted by Gasteiger charge is -2.37. The molecule has 6 rings (SSSR count). The fourth-order valence-corrected chi connectivity index (χ4v) is 9.14. The molecule has 2 amide bonds. The molecule has 3 aliphatic heterocycles. The van der Waals surface area contributed by atoms with Gasteiger partial charge in [-0.3, -0.25) is 14.3 Å². The van der Waals surface area contributed by atoms with Gasteiger partial charge in [-0.1, -0.05) is 18.2 Å². The molecule has 0 radical (unpaired) electrons. The predicted molar refractivity (Wildman–Crippen MR) is 192 cm³/mol. The van der Waals surface area contributed by atoms with Crippen LogP contribution in [-0.2, 0) is 51.7 Å². The van der Waals surface area contributed by atoms with Gasteiger partial charge < -0.3 is 20.2 Å². The van der Waals surface area contributed by atoms with Crippen LogP contribution in [0.3, 0.4) is 0 Å². The minimum atomic E-state index is -4.65. The number of rotatable bonds is 13. The molecule has 53 heavy (non-hydrogen) atoms. The normalized spacial score (nSPS) is 18.4. The second-order valence-corrected chi connectivity index (χ2v) is 17.0. The number of sulfonamides is 1. The van der Waals surface area contributed by atoms with Gasteiger partial charge in [0.05, 0.1) is 36.6 Å². The summed E-state index contributed by atoms with van der Waals surface area (Å²) in [7, 11) is -3.58. The van der Waals surface area contributed by atoms with Crippen LogP contribution in [0.4, 0.5) is 17.6 Å². The van der Waals surface area contributed by atoms with Gasteiger partial charge in [-0.15, -0.1) is 11.8 Å². The maximum atomic E-state index is 14.2.